The van der Waals surface area contributed by atoms with Gasteiger partial charge < -0.3 is 0 Å². The second kappa shape index (κ2) is 38.2. The summed E-state index contributed by atoms with van der Waals surface area (Å²) in [6, 6.07) is 0. The monoisotopic (exact) mass is 1490 g/mol. The fraction of sp³-hybridized carbons (Fsp3) is 1.00. The van der Waals surface area contributed by atoms with E-state index in [1.165, 1.54) is 202 Å². The van der Waals surface area contributed by atoms with E-state index in [4.69, 9.17) is 0 Å². The number of hydrogen-bond acceptors (Lipinski definition) is 0. The van der Waals surface area contributed by atoms with Crippen LogP contribution >= 0.6 is 0 Å². The lowest BCUT2D eigenvalue weighted by Crippen LogP contribution is -2.49. The van der Waals surface area contributed by atoms with Crippen molar-refractivity contribution < 1.29 is 0 Å². The molecule has 0 heteroatoms. The third-order valence-electron chi connectivity index (χ3n) is 42.9. The molecule has 0 aromatic rings. The Kier molecular flexibility index (Phi) is 28.0. The van der Waals surface area contributed by atoms with Crippen LogP contribution in [0.3, 0.4) is 0 Å². The quantitative estimate of drug-likeness (QED) is 0.227. The Morgan fingerprint density at radius 1 is 0.101 bits per heavy atom. The average molecular weight is 1490 g/mol. The van der Waals surface area contributed by atoms with Crippen molar-refractivity contribution in [3.05, 3.63) is 0 Å². The summed E-state index contributed by atoms with van der Waals surface area (Å²) in [4.78, 5) is 0. The molecule has 24 unspecified atom stereocenters. The van der Waals surface area contributed by atoms with Gasteiger partial charge in [-0.3, -0.25) is 0 Å². The molecule has 28 saturated carbocycles. The molecule has 0 amide bonds. The lowest BCUT2D eigenvalue weighted by Gasteiger charge is -2.57. The molecule has 0 aliphatic heterocycles. The van der Waals surface area contributed by atoms with Gasteiger partial charge in [0.25, 0.3) is 0 Å². The third kappa shape index (κ3) is 19.4. The molecule has 0 heterocycles. The Morgan fingerprint density at radius 2 is 0.284 bits per heavy atom. The number of hydrogen-bond donors (Lipinski definition) is 0. The minimum absolute atomic E-state index is 0.858. The lowest BCUT2D eigenvalue weighted by molar-refractivity contribution is -0.0786. The zero-order valence-corrected chi connectivity index (χ0v) is 72.8. The summed E-state index contributed by atoms with van der Waals surface area (Å²) in [6.07, 6.45) is 123. The van der Waals surface area contributed by atoms with Crippen LogP contribution < -0.4 is 0 Å². The van der Waals surface area contributed by atoms with E-state index in [2.05, 4.69) is 0 Å². The highest BCUT2D eigenvalue weighted by molar-refractivity contribution is 5.05. The molecular weight excluding hydrogens is 1310 g/mol. The maximum Gasteiger partial charge on any atom is -0.0297 e. The van der Waals surface area contributed by atoms with Crippen LogP contribution in [0.4, 0.5) is 0 Å². The summed E-state index contributed by atoms with van der Waals surface area (Å²) >= 11 is 0. The van der Waals surface area contributed by atoms with Gasteiger partial charge in [0.15, 0.2) is 0 Å². The van der Waals surface area contributed by atoms with Gasteiger partial charge in [0.2, 0.25) is 0 Å². The minimum atomic E-state index is 0.858. The second-order valence-electron chi connectivity index (χ2n) is 48.2. The molecule has 4 bridgehead atoms. The molecule has 0 radical (unpaired) electrons. The molecular formula is C109H184. The Labute approximate surface area is 678 Å². The van der Waals surface area contributed by atoms with Crippen molar-refractivity contribution in [3.8, 4) is 0 Å². The van der Waals surface area contributed by atoms with Crippen molar-refractivity contribution in [2.45, 2.75) is 501 Å². The SMILES string of the molecule is C1C2CC1C2.C1CC2CC1C2.C1CCC2(CC1)CC2.C1CCC2(CC1)CCCC2.C1CCC2(CC1)CCCCC2.C1CCC2C(C1)CCC1C2CCC2C3CCCCC3CCC21.C1CCC2C(C1)CCC1C3CCCC3CCC21.C1CCC2C(C1)CCC1C3CCCCC3CCC21.C1CCC2C(C1)CCCC1CC12. The van der Waals surface area contributed by atoms with Gasteiger partial charge in [0.1, 0.15) is 0 Å². The summed E-state index contributed by atoms with van der Waals surface area (Å²) in [7, 11) is 0. The van der Waals surface area contributed by atoms with Crippen molar-refractivity contribution in [1.29, 1.82) is 0 Å². The van der Waals surface area contributed by atoms with Gasteiger partial charge in [0, 0.05) is 0 Å². The molecule has 28 rings (SSSR count). The molecule has 28 aliphatic carbocycles. The fourth-order valence-electron chi connectivity index (χ4n) is 36.5. The smallest absolute Gasteiger partial charge is 0.0297 e. The Balaban J connectivity index is 0.0000000888. The van der Waals surface area contributed by atoms with Crippen LogP contribution in [-0.2, 0) is 0 Å². The molecule has 0 nitrogen and oxygen atoms in total. The van der Waals surface area contributed by atoms with Crippen LogP contribution in [0.15, 0.2) is 0 Å². The van der Waals surface area contributed by atoms with Crippen molar-refractivity contribution in [2.24, 2.45) is 182 Å². The van der Waals surface area contributed by atoms with E-state index in [9.17, 15) is 0 Å². The molecule has 0 saturated heterocycles. The van der Waals surface area contributed by atoms with Crippen molar-refractivity contribution in [2.75, 3.05) is 0 Å². The van der Waals surface area contributed by atoms with Gasteiger partial charge in [-0.15, -0.1) is 0 Å². The molecule has 0 aromatic heterocycles. The standard InChI is InChI=1S/C22H36.C18H30.C17H28.C12H20.C11H20.C10H18.C8H14.C6H10.C5H8/c1-3-7-17-15(5-1)9-11-21-19(17)13-14-20-18-8-4-2-6-16(18)10-12-22(20)21;1-3-7-15-13(5-1)9-11-18-16-8-4-2-6-14(16)10-12-17(15)18;1-2-6-14-12(4-1)8-10-17-15-7-3-5-13(15)9-11-16(14)17;1-2-7-11-9(4-1)5-3-6-10-8-12(10)11;1-3-7-11(8-4-1)9-5-2-6-10-11;1-2-6-10(7-3-1)8-4-5-9-10;1-2-4-8(5-3-1)6-7-8;1-2-6-3-5(1)4-6;1-4-2-5(1)3-4/h15-22H,1-14H2;13-18H,1-12H2;12-17H,1-11H2;9-12H,1-8H2;1-10H2;1-9H2;1-7H2;5-6H,1-4H2;4-5H,1-3H2. The van der Waals surface area contributed by atoms with E-state index in [-0.39, 0.29) is 0 Å². The Bertz CT molecular complexity index is 2530. The van der Waals surface area contributed by atoms with E-state index < -0.39 is 0 Å². The maximum absolute atomic E-state index is 1.64. The van der Waals surface area contributed by atoms with E-state index >= 15 is 0 Å². The first kappa shape index (κ1) is 80.1. The topological polar surface area (TPSA) is 0 Å². The molecule has 24 atom stereocenters. The highest BCUT2D eigenvalue weighted by Crippen LogP contribution is 2.65. The summed E-state index contributed by atoms with van der Waals surface area (Å²) in [5, 5.41) is 0. The first-order chi connectivity index (χ1) is 53.9. The third-order valence-corrected chi connectivity index (χ3v) is 42.9. The van der Waals surface area contributed by atoms with Gasteiger partial charge >= 0.3 is 0 Å². The second-order valence-corrected chi connectivity index (χ2v) is 48.2. The van der Waals surface area contributed by atoms with Crippen LogP contribution in [0.5, 0.6) is 0 Å². The Hall–Kier alpha value is 0. The van der Waals surface area contributed by atoms with Crippen LogP contribution in [-0.4, -0.2) is 0 Å². The molecule has 0 N–H and O–H groups in total. The molecule has 28 fully saturated rings. The van der Waals surface area contributed by atoms with Gasteiger partial charge in [-0.25, -0.2) is 0 Å². The van der Waals surface area contributed by atoms with Crippen LogP contribution in [0.1, 0.15) is 501 Å². The molecule has 3 spiro atoms. The summed E-state index contributed by atoms with van der Waals surface area (Å²) in [5.74, 6) is 32.8. The van der Waals surface area contributed by atoms with Crippen LogP contribution in [0, 0.1) is 182 Å². The highest BCUT2D eigenvalue weighted by Gasteiger charge is 2.55. The van der Waals surface area contributed by atoms with Gasteiger partial charge in [-0.1, -0.05) is 250 Å². The largest absolute Gasteiger partial charge is 0.0533 e. The zero-order valence-electron chi connectivity index (χ0n) is 72.8. The van der Waals surface area contributed by atoms with Crippen molar-refractivity contribution >= 4 is 0 Å². The van der Waals surface area contributed by atoms with Crippen molar-refractivity contribution in [3.63, 3.8) is 0 Å². The summed E-state index contributed by atoms with van der Waals surface area (Å²) < 4.78 is 0. The van der Waals surface area contributed by atoms with E-state index in [1.54, 1.807) is 411 Å². The van der Waals surface area contributed by atoms with E-state index in [0.717, 1.165) is 69.5 Å². The van der Waals surface area contributed by atoms with Gasteiger partial charge in [-0.2, -0.15) is 0 Å². The van der Waals surface area contributed by atoms with Crippen LogP contribution in [0.25, 0.3) is 0 Å². The summed E-state index contributed by atoms with van der Waals surface area (Å²) in [5.41, 5.74) is 2.66. The van der Waals surface area contributed by atoms with Gasteiger partial charge in [0.05, 0.1) is 0 Å². The molecule has 0 aromatic carbocycles. The Morgan fingerprint density at radius 3 is 0.541 bits per heavy atom. The first-order valence-corrected chi connectivity index (χ1v) is 53.9. The molecule has 109 heavy (non-hydrogen) atoms. The lowest BCUT2D eigenvalue weighted by atomic mass is 9.48. The number of rotatable bonds is 0. The zero-order chi connectivity index (χ0) is 72.8. The fourth-order valence-corrected chi connectivity index (χ4v) is 36.5. The highest BCUT2D eigenvalue weighted by atomic mass is 14.6. The van der Waals surface area contributed by atoms with E-state index in [0.29, 0.717) is 0 Å². The van der Waals surface area contributed by atoms with Crippen molar-refractivity contribution in [1.82, 2.24) is 0 Å². The number of fused-ring (bicyclic) bond motifs is 21. The maximum atomic E-state index is 1.64. The predicted molar refractivity (Wildman–Crippen MR) is 465 cm³/mol. The normalized spacial score (nSPS) is 47.6. The van der Waals surface area contributed by atoms with Gasteiger partial charge in [-0.05, 0) is 432 Å². The van der Waals surface area contributed by atoms with E-state index in [1.807, 2.05) is 0 Å². The average Bonchev–Trinajstić information content (AvgIpc) is 1.71. The molecule has 620 valence electrons. The van der Waals surface area contributed by atoms with Crippen LogP contribution in [0.2, 0.25) is 0 Å². The predicted octanol–water partition coefficient (Wildman–Crippen LogP) is 33.9. The minimum Gasteiger partial charge on any atom is -0.0533 e. The summed E-state index contributed by atoms with van der Waals surface area (Å²) in [6.45, 7) is 0. The molecule has 28 aliphatic rings. The first-order valence-electron chi connectivity index (χ1n) is 53.9.